The lowest BCUT2D eigenvalue weighted by Crippen LogP contribution is -2.54. The highest BCUT2D eigenvalue weighted by Gasteiger charge is 2.34. The number of nitrogens with one attached hydrogen (secondary N) is 2. The maximum absolute atomic E-state index is 12.3. The molecule has 0 radical (unpaired) electrons. The summed E-state index contributed by atoms with van der Waals surface area (Å²) >= 11 is 0. The Morgan fingerprint density at radius 3 is 2.68 bits per heavy atom. The Kier molecular flexibility index (Phi) is 3.85. The molecule has 1 aliphatic heterocycles. The Hall–Kier alpha value is -1.88. The molecule has 102 valence electrons. The highest BCUT2D eigenvalue weighted by Crippen LogP contribution is 2.22. The second kappa shape index (κ2) is 5.40. The number of hydrogen-bond acceptors (Lipinski definition) is 3. The molecule has 0 aromatic heterocycles. The van der Waals surface area contributed by atoms with Crippen molar-refractivity contribution < 1.29 is 9.59 Å². The van der Waals surface area contributed by atoms with Crippen molar-refractivity contribution in [2.24, 2.45) is 5.73 Å². The first-order valence-electron chi connectivity index (χ1n) is 6.48. The number of piperidine rings is 1. The number of benzene rings is 1. The maximum atomic E-state index is 12.3. The van der Waals surface area contributed by atoms with Crippen LogP contribution in [-0.4, -0.2) is 23.9 Å². The zero-order chi connectivity index (χ0) is 13.9. The molecule has 5 nitrogen and oxygen atoms in total. The van der Waals surface area contributed by atoms with Crippen LogP contribution in [0, 0.1) is 0 Å². The number of para-hydroxylation sites is 1. The van der Waals surface area contributed by atoms with Crippen LogP contribution < -0.4 is 16.4 Å². The highest BCUT2D eigenvalue weighted by atomic mass is 16.2. The number of nitrogens with two attached hydrogens (primary N) is 1. The van der Waals surface area contributed by atoms with E-state index in [4.69, 9.17) is 5.73 Å². The van der Waals surface area contributed by atoms with Crippen molar-refractivity contribution in [1.29, 1.82) is 0 Å². The third-order valence-corrected chi connectivity index (χ3v) is 3.56. The van der Waals surface area contributed by atoms with Crippen LogP contribution in [0.1, 0.15) is 36.5 Å². The third-order valence-electron chi connectivity index (χ3n) is 3.56. The van der Waals surface area contributed by atoms with Crippen LogP contribution in [0.3, 0.4) is 0 Å². The molecule has 19 heavy (non-hydrogen) atoms. The van der Waals surface area contributed by atoms with E-state index in [0.29, 0.717) is 11.3 Å². The second-order valence-electron chi connectivity index (χ2n) is 5.08. The molecule has 1 aromatic rings. The Morgan fingerprint density at radius 1 is 1.32 bits per heavy atom. The van der Waals surface area contributed by atoms with E-state index in [1.54, 1.807) is 24.3 Å². The molecule has 0 bridgehead atoms. The number of rotatable bonds is 3. The quantitative estimate of drug-likeness (QED) is 0.765. The van der Waals surface area contributed by atoms with Gasteiger partial charge in [0, 0.05) is 0 Å². The van der Waals surface area contributed by atoms with Gasteiger partial charge < -0.3 is 16.4 Å². The lowest BCUT2D eigenvalue weighted by molar-refractivity contribution is -0.122. The van der Waals surface area contributed by atoms with Gasteiger partial charge in [-0.2, -0.15) is 0 Å². The predicted molar refractivity (Wildman–Crippen MR) is 73.8 cm³/mol. The third kappa shape index (κ3) is 2.93. The Balaban J connectivity index is 2.17. The van der Waals surface area contributed by atoms with E-state index >= 15 is 0 Å². The summed E-state index contributed by atoms with van der Waals surface area (Å²) < 4.78 is 0. The fourth-order valence-electron chi connectivity index (χ4n) is 2.32. The molecule has 5 heteroatoms. The van der Waals surface area contributed by atoms with Crippen molar-refractivity contribution in [3.63, 3.8) is 0 Å². The van der Waals surface area contributed by atoms with E-state index in [9.17, 15) is 9.59 Å². The molecule has 2 rings (SSSR count). The first-order valence-corrected chi connectivity index (χ1v) is 6.48. The minimum absolute atomic E-state index is 0.124. The normalized spacial score (nSPS) is 22.8. The molecule has 2 amide bonds. The molecule has 0 aliphatic carbocycles. The molecular weight excluding hydrogens is 242 g/mol. The van der Waals surface area contributed by atoms with Gasteiger partial charge in [-0.1, -0.05) is 12.1 Å². The van der Waals surface area contributed by atoms with Gasteiger partial charge in [-0.05, 0) is 44.9 Å². The van der Waals surface area contributed by atoms with E-state index in [-0.39, 0.29) is 5.91 Å². The highest BCUT2D eigenvalue weighted by molar-refractivity contribution is 6.05. The van der Waals surface area contributed by atoms with Gasteiger partial charge in [0.25, 0.3) is 5.91 Å². The molecule has 1 aliphatic rings. The van der Waals surface area contributed by atoms with Crippen molar-refractivity contribution >= 4 is 17.5 Å². The van der Waals surface area contributed by atoms with Crippen molar-refractivity contribution in [3.8, 4) is 0 Å². The Labute approximate surface area is 112 Å². The van der Waals surface area contributed by atoms with Gasteiger partial charge >= 0.3 is 0 Å². The second-order valence-corrected chi connectivity index (χ2v) is 5.08. The number of carbonyl (C=O) groups is 2. The number of carbonyl (C=O) groups excluding carboxylic acids is 2. The van der Waals surface area contributed by atoms with E-state index < -0.39 is 11.4 Å². The summed E-state index contributed by atoms with van der Waals surface area (Å²) in [6.07, 6.45) is 2.90. The van der Waals surface area contributed by atoms with Gasteiger partial charge in [0.15, 0.2) is 0 Å². The van der Waals surface area contributed by atoms with E-state index in [2.05, 4.69) is 10.6 Å². The van der Waals surface area contributed by atoms with E-state index in [1.807, 2.05) is 6.92 Å². The molecule has 1 saturated heterocycles. The average molecular weight is 261 g/mol. The lowest BCUT2D eigenvalue weighted by atomic mass is 9.90. The Morgan fingerprint density at radius 2 is 2.05 bits per heavy atom. The first-order chi connectivity index (χ1) is 9.03. The van der Waals surface area contributed by atoms with E-state index in [1.165, 1.54) is 0 Å². The summed E-state index contributed by atoms with van der Waals surface area (Å²) in [5, 5.41) is 6.04. The number of primary amides is 1. The molecule has 0 spiro atoms. The van der Waals surface area contributed by atoms with Crippen LogP contribution in [0.25, 0.3) is 0 Å². The molecule has 1 unspecified atom stereocenters. The minimum Gasteiger partial charge on any atom is -0.366 e. The molecule has 1 heterocycles. The molecular formula is C14H19N3O2. The summed E-state index contributed by atoms with van der Waals surface area (Å²) in [5.41, 5.74) is 5.51. The zero-order valence-corrected chi connectivity index (χ0v) is 11.0. The predicted octanol–water partition coefficient (Wildman–Crippen LogP) is 1.26. The van der Waals surface area contributed by atoms with Crippen LogP contribution >= 0.6 is 0 Å². The van der Waals surface area contributed by atoms with Gasteiger partial charge in [-0.15, -0.1) is 0 Å². The van der Waals surface area contributed by atoms with Crippen LogP contribution in [0.5, 0.6) is 0 Å². The largest absolute Gasteiger partial charge is 0.366 e. The number of hydrogen-bond donors (Lipinski definition) is 3. The number of anilines is 1. The standard InChI is InChI=1S/C14H19N3O2/c1-14(8-4-5-9-16-14)13(19)17-11-7-3-2-6-10(11)12(15)18/h2-3,6-7,16H,4-5,8-9H2,1H3,(H2,15,18)(H,17,19). The SMILES string of the molecule is CC1(C(=O)Nc2ccccc2C(N)=O)CCCCN1. The summed E-state index contributed by atoms with van der Waals surface area (Å²) in [7, 11) is 0. The average Bonchev–Trinajstić information content (AvgIpc) is 2.40. The molecule has 1 fully saturated rings. The summed E-state index contributed by atoms with van der Waals surface area (Å²) in [6, 6.07) is 6.77. The van der Waals surface area contributed by atoms with Crippen molar-refractivity contribution in [3.05, 3.63) is 29.8 Å². The maximum Gasteiger partial charge on any atom is 0.250 e. The zero-order valence-electron chi connectivity index (χ0n) is 11.0. The van der Waals surface area contributed by atoms with Crippen molar-refractivity contribution in [2.45, 2.75) is 31.7 Å². The van der Waals surface area contributed by atoms with Gasteiger partial charge in [0.2, 0.25) is 5.91 Å². The van der Waals surface area contributed by atoms with Crippen molar-refractivity contribution in [2.75, 3.05) is 11.9 Å². The minimum atomic E-state index is -0.580. The van der Waals surface area contributed by atoms with Gasteiger partial charge in [0.1, 0.15) is 0 Å². The molecule has 1 aromatic carbocycles. The fourth-order valence-corrected chi connectivity index (χ4v) is 2.32. The Bertz CT molecular complexity index is 493. The molecule has 4 N–H and O–H groups in total. The smallest absolute Gasteiger partial charge is 0.250 e. The fraction of sp³-hybridized carbons (Fsp3) is 0.429. The van der Waals surface area contributed by atoms with E-state index in [0.717, 1.165) is 25.8 Å². The topological polar surface area (TPSA) is 84.2 Å². The summed E-state index contributed by atoms with van der Waals surface area (Å²) in [6.45, 7) is 2.72. The van der Waals surface area contributed by atoms with Crippen LogP contribution in [0.4, 0.5) is 5.69 Å². The first kappa shape index (κ1) is 13.5. The lowest BCUT2D eigenvalue weighted by Gasteiger charge is -2.33. The van der Waals surface area contributed by atoms with Crippen molar-refractivity contribution in [1.82, 2.24) is 5.32 Å². The van der Waals surface area contributed by atoms with Crippen LogP contribution in [0.15, 0.2) is 24.3 Å². The number of amides is 2. The summed E-state index contributed by atoms with van der Waals surface area (Å²) in [5.74, 6) is -0.668. The summed E-state index contributed by atoms with van der Waals surface area (Å²) in [4.78, 5) is 23.7. The van der Waals surface area contributed by atoms with Gasteiger partial charge in [-0.3, -0.25) is 9.59 Å². The monoisotopic (exact) mass is 261 g/mol. The van der Waals surface area contributed by atoms with Crippen LogP contribution in [0.2, 0.25) is 0 Å². The molecule has 1 atom stereocenters. The van der Waals surface area contributed by atoms with Gasteiger partial charge in [0.05, 0.1) is 16.8 Å². The van der Waals surface area contributed by atoms with Crippen LogP contribution in [-0.2, 0) is 4.79 Å². The molecule has 0 saturated carbocycles. The van der Waals surface area contributed by atoms with Gasteiger partial charge in [-0.25, -0.2) is 0 Å².